The van der Waals surface area contributed by atoms with E-state index in [1.165, 1.54) is 7.11 Å². The Kier molecular flexibility index (Phi) is 6.11. The third kappa shape index (κ3) is 3.84. The Bertz CT molecular complexity index is 447. The first-order valence-electron chi connectivity index (χ1n) is 5.63. The van der Waals surface area contributed by atoms with Crippen molar-refractivity contribution in [2.75, 3.05) is 21.3 Å². The van der Waals surface area contributed by atoms with Crippen molar-refractivity contribution in [1.82, 2.24) is 0 Å². The fraction of sp³-hybridized carbons (Fsp3) is 0.462. The van der Waals surface area contributed by atoms with Crippen molar-refractivity contribution < 1.29 is 23.7 Å². The van der Waals surface area contributed by atoms with E-state index in [-0.39, 0.29) is 6.61 Å². The summed E-state index contributed by atoms with van der Waals surface area (Å²) >= 11 is 3.42. The van der Waals surface area contributed by atoms with Gasteiger partial charge in [0, 0.05) is 10.0 Å². The number of hydrogen-bond donors (Lipinski definition) is 0. The molecule has 0 bridgehead atoms. The van der Waals surface area contributed by atoms with Gasteiger partial charge in [0.2, 0.25) is 0 Å². The molecule has 0 amide bonds. The standard InChI is InChI=1S/C13H17BrO5/c1-8(13(15)18-4)19-7-9-10(14)5-6-11(16-2)12(9)17-3/h5-6,8H,7H2,1-4H3/t8-/m0/s1. The van der Waals surface area contributed by atoms with Gasteiger partial charge in [0.1, 0.15) is 0 Å². The first-order valence-corrected chi connectivity index (χ1v) is 6.43. The van der Waals surface area contributed by atoms with Gasteiger partial charge in [-0.2, -0.15) is 0 Å². The number of methoxy groups -OCH3 is 3. The molecule has 0 saturated heterocycles. The van der Waals surface area contributed by atoms with Gasteiger partial charge in [-0.05, 0) is 19.1 Å². The molecule has 0 fully saturated rings. The smallest absolute Gasteiger partial charge is 0.334 e. The topological polar surface area (TPSA) is 54.0 Å². The van der Waals surface area contributed by atoms with Gasteiger partial charge in [0.15, 0.2) is 17.6 Å². The Morgan fingerprint density at radius 2 is 1.95 bits per heavy atom. The molecule has 5 nitrogen and oxygen atoms in total. The Hall–Kier alpha value is -1.27. The minimum atomic E-state index is -0.646. The predicted octanol–water partition coefficient (Wildman–Crippen LogP) is 2.54. The fourth-order valence-electron chi connectivity index (χ4n) is 1.54. The van der Waals surface area contributed by atoms with E-state index in [4.69, 9.17) is 14.2 Å². The highest BCUT2D eigenvalue weighted by Crippen LogP contribution is 2.36. The Morgan fingerprint density at radius 1 is 1.26 bits per heavy atom. The van der Waals surface area contributed by atoms with Crippen LogP contribution >= 0.6 is 15.9 Å². The van der Waals surface area contributed by atoms with Crippen molar-refractivity contribution >= 4 is 21.9 Å². The molecule has 0 aliphatic rings. The summed E-state index contributed by atoms with van der Waals surface area (Å²) in [5.41, 5.74) is 0.776. The van der Waals surface area contributed by atoms with Crippen LogP contribution in [0.1, 0.15) is 12.5 Å². The van der Waals surface area contributed by atoms with E-state index in [1.54, 1.807) is 27.2 Å². The van der Waals surface area contributed by atoms with Crippen LogP contribution < -0.4 is 9.47 Å². The summed E-state index contributed by atoms with van der Waals surface area (Å²) in [6, 6.07) is 3.62. The molecule has 1 atom stereocenters. The fourth-order valence-corrected chi connectivity index (χ4v) is 1.97. The minimum Gasteiger partial charge on any atom is -0.493 e. The number of halogens is 1. The molecule has 0 unspecified atom stereocenters. The summed E-state index contributed by atoms with van der Waals surface area (Å²) in [4.78, 5) is 11.3. The second-order valence-electron chi connectivity index (χ2n) is 3.74. The van der Waals surface area contributed by atoms with Crippen LogP contribution in [0.15, 0.2) is 16.6 Å². The van der Waals surface area contributed by atoms with Crippen molar-refractivity contribution in [2.24, 2.45) is 0 Å². The number of carbonyl (C=O) groups excluding carboxylic acids is 1. The molecule has 0 spiro atoms. The first kappa shape index (κ1) is 15.8. The van der Waals surface area contributed by atoms with Gasteiger partial charge in [-0.25, -0.2) is 4.79 Å². The summed E-state index contributed by atoms with van der Waals surface area (Å²) in [5, 5.41) is 0. The van der Waals surface area contributed by atoms with Crippen molar-refractivity contribution in [1.29, 1.82) is 0 Å². The molecule has 106 valence electrons. The molecule has 1 rings (SSSR count). The molecule has 6 heteroatoms. The van der Waals surface area contributed by atoms with Gasteiger partial charge >= 0.3 is 5.97 Å². The maximum absolute atomic E-state index is 11.3. The van der Waals surface area contributed by atoms with Crippen LogP contribution in [-0.4, -0.2) is 33.4 Å². The molecule has 0 aliphatic heterocycles. The Balaban J connectivity index is 2.91. The summed E-state index contributed by atoms with van der Waals surface area (Å²) < 4.78 is 21.4. The third-order valence-electron chi connectivity index (χ3n) is 2.60. The largest absolute Gasteiger partial charge is 0.493 e. The van der Waals surface area contributed by atoms with E-state index in [1.807, 2.05) is 6.07 Å². The highest BCUT2D eigenvalue weighted by molar-refractivity contribution is 9.10. The zero-order valence-electron chi connectivity index (χ0n) is 11.4. The van der Waals surface area contributed by atoms with Crippen LogP contribution in [0.4, 0.5) is 0 Å². The second-order valence-corrected chi connectivity index (χ2v) is 4.59. The summed E-state index contributed by atoms with van der Waals surface area (Å²) in [6.07, 6.45) is -0.646. The van der Waals surface area contributed by atoms with E-state index >= 15 is 0 Å². The molecule has 0 saturated carbocycles. The average Bonchev–Trinajstić information content (AvgIpc) is 2.44. The lowest BCUT2D eigenvalue weighted by Gasteiger charge is -2.16. The van der Waals surface area contributed by atoms with Crippen LogP contribution in [0.25, 0.3) is 0 Å². The number of rotatable bonds is 6. The van der Waals surface area contributed by atoms with Crippen molar-refractivity contribution in [3.8, 4) is 11.5 Å². The van der Waals surface area contributed by atoms with E-state index in [2.05, 4.69) is 20.7 Å². The van der Waals surface area contributed by atoms with Crippen LogP contribution in [0.2, 0.25) is 0 Å². The van der Waals surface area contributed by atoms with Gasteiger partial charge in [-0.3, -0.25) is 0 Å². The molecular formula is C13H17BrO5. The van der Waals surface area contributed by atoms with Crippen LogP contribution in [-0.2, 0) is 20.9 Å². The lowest BCUT2D eigenvalue weighted by atomic mass is 10.2. The Morgan fingerprint density at radius 3 is 2.47 bits per heavy atom. The number of benzene rings is 1. The molecule has 1 aromatic carbocycles. The highest BCUT2D eigenvalue weighted by Gasteiger charge is 2.18. The summed E-state index contributed by atoms with van der Waals surface area (Å²) in [6.45, 7) is 1.84. The molecule has 0 aromatic heterocycles. The lowest BCUT2D eigenvalue weighted by Crippen LogP contribution is -2.22. The Labute approximate surface area is 120 Å². The van der Waals surface area contributed by atoms with E-state index in [0.717, 1.165) is 10.0 Å². The maximum Gasteiger partial charge on any atom is 0.334 e. The second kappa shape index (κ2) is 7.35. The summed E-state index contributed by atoms with van der Waals surface area (Å²) in [7, 11) is 4.44. The van der Waals surface area contributed by atoms with E-state index in [9.17, 15) is 4.79 Å². The number of carbonyl (C=O) groups is 1. The van der Waals surface area contributed by atoms with Crippen molar-refractivity contribution in [3.63, 3.8) is 0 Å². The molecule has 0 N–H and O–H groups in total. The van der Waals surface area contributed by atoms with Gasteiger partial charge in [-0.1, -0.05) is 15.9 Å². The zero-order valence-corrected chi connectivity index (χ0v) is 12.9. The zero-order chi connectivity index (χ0) is 14.4. The number of hydrogen-bond acceptors (Lipinski definition) is 5. The average molecular weight is 333 g/mol. The molecule has 1 aromatic rings. The SMILES string of the molecule is COC(=O)[C@H](C)OCc1c(Br)ccc(OC)c1OC. The molecule has 0 heterocycles. The van der Waals surface area contributed by atoms with Crippen molar-refractivity contribution in [3.05, 3.63) is 22.2 Å². The van der Waals surface area contributed by atoms with Crippen molar-refractivity contribution in [2.45, 2.75) is 19.6 Å². The predicted molar refractivity (Wildman–Crippen MR) is 73.5 cm³/mol. The van der Waals surface area contributed by atoms with E-state index < -0.39 is 12.1 Å². The normalized spacial score (nSPS) is 11.8. The molecular weight excluding hydrogens is 316 g/mol. The van der Waals surface area contributed by atoms with Crippen LogP contribution in [0.3, 0.4) is 0 Å². The first-order chi connectivity index (χ1) is 9.04. The molecule has 0 radical (unpaired) electrons. The quantitative estimate of drug-likeness (QED) is 0.749. The van der Waals surface area contributed by atoms with Gasteiger partial charge in [-0.15, -0.1) is 0 Å². The maximum atomic E-state index is 11.3. The summed E-state index contributed by atoms with van der Waals surface area (Å²) in [5.74, 6) is 0.766. The lowest BCUT2D eigenvalue weighted by molar-refractivity contribution is -0.153. The number of ether oxygens (including phenoxy) is 4. The van der Waals surface area contributed by atoms with E-state index in [0.29, 0.717) is 11.5 Å². The highest BCUT2D eigenvalue weighted by atomic mass is 79.9. The third-order valence-corrected chi connectivity index (χ3v) is 3.34. The van der Waals surface area contributed by atoms with Gasteiger partial charge in [0.25, 0.3) is 0 Å². The number of esters is 1. The van der Waals surface area contributed by atoms with Gasteiger partial charge in [0.05, 0.1) is 27.9 Å². The monoisotopic (exact) mass is 332 g/mol. The van der Waals surface area contributed by atoms with Gasteiger partial charge < -0.3 is 18.9 Å². The molecule has 19 heavy (non-hydrogen) atoms. The van der Waals surface area contributed by atoms with Crippen LogP contribution in [0.5, 0.6) is 11.5 Å². The molecule has 0 aliphatic carbocycles. The van der Waals surface area contributed by atoms with Crippen LogP contribution in [0, 0.1) is 0 Å². The minimum absolute atomic E-state index is 0.206.